The van der Waals surface area contributed by atoms with Crippen molar-refractivity contribution in [2.24, 2.45) is 10.9 Å². The van der Waals surface area contributed by atoms with Gasteiger partial charge in [0.05, 0.1) is 24.0 Å². The van der Waals surface area contributed by atoms with E-state index in [9.17, 15) is 19.1 Å². The molecule has 0 unspecified atom stereocenters. The monoisotopic (exact) mass is 540 g/mol. The number of aliphatic carboxylic acids is 1. The minimum Gasteiger partial charge on any atom is -0.487 e. The first kappa shape index (κ1) is 28.7. The average molecular weight is 541 g/mol. The summed E-state index contributed by atoms with van der Waals surface area (Å²) in [6.45, 7) is 2.59. The molecule has 0 aromatic heterocycles. The summed E-state index contributed by atoms with van der Waals surface area (Å²) in [7, 11) is 0. The molecule has 0 fully saturated rings. The van der Waals surface area contributed by atoms with Crippen LogP contribution in [0.1, 0.15) is 40.9 Å². The van der Waals surface area contributed by atoms with E-state index in [2.05, 4.69) is 15.8 Å². The lowest BCUT2D eigenvalue weighted by atomic mass is 10.1. The molecule has 7 N–H and O–H groups in total. The number of amides is 1. The molecule has 0 aliphatic carbocycles. The molecule has 3 aromatic carbocycles. The Morgan fingerprint density at radius 2 is 1.82 bits per heavy atom. The lowest BCUT2D eigenvalue weighted by Gasteiger charge is -2.20. The van der Waals surface area contributed by atoms with E-state index >= 15 is 0 Å². The van der Waals surface area contributed by atoms with Crippen molar-refractivity contribution in [3.63, 3.8) is 0 Å². The molecular weight excluding hydrogens is 511 g/mol. The highest BCUT2D eigenvalue weighted by Crippen LogP contribution is 2.35. The van der Waals surface area contributed by atoms with E-state index in [1.807, 2.05) is 0 Å². The number of aliphatic hydroxyl groups is 1. The van der Waals surface area contributed by atoms with Gasteiger partial charge < -0.3 is 41.3 Å². The first-order valence-electron chi connectivity index (χ1n) is 11.8. The molecular formula is C27H29FN4O7. The van der Waals surface area contributed by atoms with Gasteiger partial charge in [-0.3, -0.25) is 4.79 Å². The second-order valence-corrected chi connectivity index (χ2v) is 8.65. The van der Waals surface area contributed by atoms with Gasteiger partial charge in [-0.2, -0.15) is 0 Å². The number of aliphatic hydroxyl groups excluding tert-OH is 1. The number of carbonyl (C=O) groups is 2. The topological polar surface area (TPSA) is 176 Å². The maximum atomic E-state index is 14.2. The number of nitrogens with two attached hydrogens (primary N) is 1. The molecule has 0 radical (unpaired) electrons. The normalized spacial score (nSPS) is 11.3. The molecule has 0 heterocycles. The predicted octanol–water partition coefficient (Wildman–Crippen LogP) is 3.53. The molecule has 11 nitrogen and oxygen atoms in total. The van der Waals surface area contributed by atoms with Crippen LogP contribution in [0.3, 0.4) is 0 Å². The number of halogens is 1. The highest BCUT2D eigenvalue weighted by Gasteiger charge is 2.18. The van der Waals surface area contributed by atoms with Gasteiger partial charge in [0.25, 0.3) is 5.91 Å². The number of rotatable bonds is 12. The summed E-state index contributed by atoms with van der Waals surface area (Å²) in [6, 6.07) is 13.0. The van der Waals surface area contributed by atoms with Crippen LogP contribution in [0.25, 0.3) is 0 Å². The van der Waals surface area contributed by atoms with Crippen LogP contribution in [0.2, 0.25) is 0 Å². The number of carboxylic acids is 1. The third kappa shape index (κ3) is 7.82. The first-order valence-corrected chi connectivity index (χ1v) is 11.8. The third-order valence-electron chi connectivity index (χ3n) is 5.32. The summed E-state index contributed by atoms with van der Waals surface area (Å²) in [5, 5.41) is 36.3. The van der Waals surface area contributed by atoms with Crippen molar-refractivity contribution in [2.45, 2.75) is 33.1 Å². The van der Waals surface area contributed by atoms with Gasteiger partial charge in [-0.05, 0) is 74.0 Å². The predicted molar refractivity (Wildman–Crippen MR) is 142 cm³/mol. The van der Waals surface area contributed by atoms with E-state index in [-0.39, 0.29) is 47.8 Å². The minimum absolute atomic E-state index is 0.0184. The number of carboxylic acid groups (broad SMARTS) is 1. The van der Waals surface area contributed by atoms with Gasteiger partial charge in [0, 0.05) is 23.4 Å². The van der Waals surface area contributed by atoms with Crippen LogP contribution in [-0.2, 0) is 17.9 Å². The number of hydrogen-bond acceptors (Lipinski definition) is 8. The van der Waals surface area contributed by atoms with Crippen LogP contribution in [0.4, 0.5) is 15.8 Å². The number of oxime groups is 1. The maximum absolute atomic E-state index is 14.2. The second kappa shape index (κ2) is 13.1. The van der Waals surface area contributed by atoms with Crippen LogP contribution in [0, 0.1) is 5.82 Å². The van der Waals surface area contributed by atoms with Crippen LogP contribution < -0.4 is 25.8 Å². The summed E-state index contributed by atoms with van der Waals surface area (Å²) in [5.74, 6) is -2.03. The summed E-state index contributed by atoms with van der Waals surface area (Å²) < 4.78 is 25.5. The van der Waals surface area contributed by atoms with Crippen molar-refractivity contribution < 1.29 is 38.9 Å². The number of amidine groups is 1. The lowest BCUT2D eigenvalue weighted by Crippen LogP contribution is -2.17. The van der Waals surface area contributed by atoms with Gasteiger partial charge in [-0.25, -0.2) is 9.18 Å². The van der Waals surface area contributed by atoms with Gasteiger partial charge in [0.15, 0.2) is 23.9 Å². The van der Waals surface area contributed by atoms with Gasteiger partial charge in [-0.1, -0.05) is 5.16 Å². The highest BCUT2D eigenvalue weighted by molar-refractivity contribution is 6.08. The van der Waals surface area contributed by atoms with E-state index in [1.54, 1.807) is 50.2 Å². The quantitative estimate of drug-likeness (QED) is 0.0868. The summed E-state index contributed by atoms with van der Waals surface area (Å²) in [6.07, 6.45) is -0.271. The molecule has 0 spiro atoms. The Morgan fingerprint density at radius 3 is 2.44 bits per heavy atom. The average Bonchev–Trinajstić information content (AvgIpc) is 2.90. The van der Waals surface area contributed by atoms with Crippen molar-refractivity contribution in [3.8, 4) is 11.5 Å². The van der Waals surface area contributed by atoms with Crippen LogP contribution in [0.5, 0.6) is 11.5 Å². The van der Waals surface area contributed by atoms with Gasteiger partial charge in [-0.15, -0.1) is 0 Å². The fourth-order valence-corrected chi connectivity index (χ4v) is 3.62. The second-order valence-electron chi connectivity index (χ2n) is 8.65. The van der Waals surface area contributed by atoms with Crippen LogP contribution >= 0.6 is 0 Å². The Labute approximate surface area is 223 Å². The molecule has 1 amide bonds. The van der Waals surface area contributed by atoms with Crippen molar-refractivity contribution in [2.75, 3.05) is 17.2 Å². The molecule has 0 aliphatic rings. The van der Waals surface area contributed by atoms with Crippen molar-refractivity contribution >= 4 is 29.1 Å². The Hall–Kier alpha value is -4.84. The van der Waals surface area contributed by atoms with Crippen LogP contribution in [-0.4, -0.2) is 45.8 Å². The Balaban J connectivity index is 1.89. The van der Waals surface area contributed by atoms with Gasteiger partial charge in [0.2, 0.25) is 0 Å². The lowest BCUT2D eigenvalue weighted by molar-refractivity contribution is -0.139. The van der Waals surface area contributed by atoms with E-state index in [1.165, 1.54) is 6.07 Å². The zero-order valence-corrected chi connectivity index (χ0v) is 21.3. The molecule has 206 valence electrons. The van der Waals surface area contributed by atoms with E-state index in [0.717, 1.165) is 12.1 Å². The molecule has 0 saturated heterocycles. The summed E-state index contributed by atoms with van der Waals surface area (Å²) in [4.78, 5) is 24.2. The number of hydrogen-bond donors (Lipinski definition) is 6. The molecule has 3 aromatic rings. The van der Waals surface area contributed by atoms with Crippen molar-refractivity contribution in [1.29, 1.82) is 0 Å². The van der Waals surface area contributed by atoms with Gasteiger partial charge in [0.1, 0.15) is 5.82 Å². The number of ether oxygens (including phenoxy) is 2. The van der Waals surface area contributed by atoms with Crippen molar-refractivity contribution in [3.05, 3.63) is 82.7 Å². The van der Waals surface area contributed by atoms with Gasteiger partial charge >= 0.3 is 5.97 Å². The Kier molecular flexibility index (Phi) is 9.65. The fourth-order valence-electron chi connectivity index (χ4n) is 3.62. The minimum atomic E-state index is -1.20. The first-order chi connectivity index (χ1) is 18.6. The maximum Gasteiger partial charge on any atom is 0.341 e. The molecule has 0 saturated carbocycles. The molecule has 39 heavy (non-hydrogen) atoms. The highest BCUT2D eigenvalue weighted by atomic mass is 19.1. The third-order valence-corrected chi connectivity index (χ3v) is 5.32. The fraction of sp³-hybridized carbons (Fsp3) is 0.222. The van der Waals surface area contributed by atoms with Crippen molar-refractivity contribution in [1.82, 2.24) is 0 Å². The number of anilines is 2. The zero-order valence-electron chi connectivity index (χ0n) is 21.3. The Morgan fingerprint density at radius 1 is 1.10 bits per heavy atom. The van der Waals surface area contributed by atoms with E-state index in [4.69, 9.17) is 25.5 Å². The number of nitrogens with zero attached hydrogens (tertiary/aromatic N) is 1. The Bertz CT molecular complexity index is 1360. The van der Waals surface area contributed by atoms with E-state index < -0.39 is 24.3 Å². The number of carbonyl (C=O) groups excluding carboxylic acids is 1. The molecule has 0 bridgehead atoms. The summed E-state index contributed by atoms with van der Waals surface area (Å²) in [5.41, 5.74) is 7.62. The number of benzene rings is 3. The zero-order chi connectivity index (χ0) is 28.5. The molecule has 3 rings (SSSR count). The molecule has 12 heteroatoms. The molecule has 0 atom stereocenters. The number of nitrogens with one attached hydrogen (secondary N) is 2. The smallest absolute Gasteiger partial charge is 0.341 e. The van der Waals surface area contributed by atoms with Crippen LogP contribution in [0.15, 0.2) is 59.8 Å². The largest absolute Gasteiger partial charge is 0.487 e. The van der Waals surface area contributed by atoms with E-state index in [0.29, 0.717) is 22.4 Å². The summed E-state index contributed by atoms with van der Waals surface area (Å²) >= 11 is 0. The molecule has 0 aliphatic heterocycles. The standard InChI is InChI=1S/C27H29FN4O7/c1-15(2)39-23-10-16(13-33)9-18(25(23)38-14-24(34)35)12-30-22-11-19(28)5-8-21(22)27(36)31-20-6-3-17(4-7-20)26(29)32-37/h3-11,15,30,33,37H,12-14H2,1-2H3,(H2,29,32)(H,31,36)(H,34,35). The SMILES string of the molecule is CC(C)Oc1cc(CO)cc(CNc2cc(F)ccc2C(=O)Nc2ccc(/C(N)=N/O)cc2)c1OCC(=O)O.